The van der Waals surface area contributed by atoms with Crippen molar-refractivity contribution in [3.63, 3.8) is 0 Å². The minimum absolute atomic E-state index is 0.106. The highest BCUT2D eigenvalue weighted by atomic mass is 16.5. The van der Waals surface area contributed by atoms with Crippen molar-refractivity contribution >= 4 is 17.8 Å². The Bertz CT molecular complexity index is 572. The third-order valence-corrected chi connectivity index (χ3v) is 3.10. The molecule has 21 heavy (non-hydrogen) atoms. The molecular formula is C14H16N2O5. The van der Waals surface area contributed by atoms with E-state index in [9.17, 15) is 14.4 Å². The molecule has 1 aromatic carbocycles. The van der Waals surface area contributed by atoms with Gasteiger partial charge in [0, 0.05) is 6.92 Å². The van der Waals surface area contributed by atoms with E-state index in [1.807, 2.05) is 0 Å². The number of fused-ring (bicyclic) bond motifs is 1. The smallest absolute Gasteiger partial charge is 0.328 e. The molecule has 1 aliphatic rings. The number of benzene rings is 1. The lowest BCUT2D eigenvalue weighted by atomic mass is 10.1. The third kappa shape index (κ3) is 3.50. The minimum atomic E-state index is -1.18. The van der Waals surface area contributed by atoms with Crippen LogP contribution >= 0.6 is 0 Å². The molecule has 1 aliphatic heterocycles. The first-order valence-electron chi connectivity index (χ1n) is 6.50. The summed E-state index contributed by atoms with van der Waals surface area (Å²) >= 11 is 0. The first kappa shape index (κ1) is 14.8. The Kier molecular flexibility index (Phi) is 4.42. The van der Waals surface area contributed by atoms with Gasteiger partial charge in [0.25, 0.3) is 5.91 Å². The molecule has 112 valence electrons. The van der Waals surface area contributed by atoms with E-state index in [0.717, 1.165) is 0 Å². The fourth-order valence-electron chi connectivity index (χ4n) is 2.13. The lowest BCUT2D eigenvalue weighted by Crippen LogP contribution is -2.49. The molecule has 0 bridgehead atoms. The van der Waals surface area contributed by atoms with Crippen LogP contribution in [0.5, 0.6) is 5.75 Å². The molecule has 0 radical (unpaired) electrons. The number of carbonyl (C=O) groups excluding carboxylic acids is 2. The van der Waals surface area contributed by atoms with Gasteiger partial charge in [0.05, 0.1) is 18.7 Å². The lowest BCUT2D eigenvalue weighted by molar-refractivity contribution is -0.141. The molecule has 0 spiro atoms. The van der Waals surface area contributed by atoms with Crippen LogP contribution in [0.2, 0.25) is 0 Å². The molecule has 7 heteroatoms. The van der Waals surface area contributed by atoms with Gasteiger partial charge in [0.2, 0.25) is 5.91 Å². The molecule has 1 unspecified atom stereocenters. The molecule has 2 amide bonds. The van der Waals surface area contributed by atoms with Crippen molar-refractivity contribution in [2.45, 2.75) is 13.0 Å². The maximum Gasteiger partial charge on any atom is 0.328 e. The van der Waals surface area contributed by atoms with Crippen LogP contribution in [0.1, 0.15) is 17.3 Å². The van der Waals surface area contributed by atoms with E-state index in [-0.39, 0.29) is 25.6 Å². The second-order valence-corrected chi connectivity index (χ2v) is 4.69. The van der Waals surface area contributed by atoms with Gasteiger partial charge in [0.15, 0.2) is 0 Å². The summed E-state index contributed by atoms with van der Waals surface area (Å²) in [4.78, 5) is 36.0. The quantitative estimate of drug-likeness (QED) is 0.821. The summed E-state index contributed by atoms with van der Waals surface area (Å²) in [6.45, 7) is 1.66. The van der Waals surface area contributed by atoms with Crippen molar-refractivity contribution < 1.29 is 24.2 Å². The van der Waals surface area contributed by atoms with Gasteiger partial charge < -0.3 is 20.1 Å². The number of carboxylic acid groups (broad SMARTS) is 1. The van der Waals surface area contributed by atoms with Crippen LogP contribution < -0.4 is 10.1 Å². The first-order valence-corrected chi connectivity index (χ1v) is 6.50. The highest BCUT2D eigenvalue weighted by Crippen LogP contribution is 2.22. The second kappa shape index (κ2) is 6.25. The Labute approximate surface area is 121 Å². The third-order valence-electron chi connectivity index (χ3n) is 3.10. The summed E-state index contributed by atoms with van der Waals surface area (Å²) in [6.07, 6.45) is 0. The van der Waals surface area contributed by atoms with Crippen LogP contribution in [0.15, 0.2) is 24.3 Å². The summed E-state index contributed by atoms with van der Waals surface area (Å²) in [5.41, 5.74) is 0.391. The average molecular weight is 292 g/mol. The molecule has 1 heterocycles. The molecule has 0 saturated carbocycles. The lowest BCUT2D eigenvalue weighted by Gasteiger charge is -2.24. The Morgan fingerprint density at radius 1 is 1.43 bits per heavy atom. The number of ether oxygens (including phenoxy) is 1. The number of hydrogen-bond acceptors (Lipinski definition) is 4. The molecule has 1 aromatic rings. The number of hydrogen-bond donors (Lipinski definition) is 2. The summed E-state index contributed by atoms with van der Waals surface area (Å²) < 4.78 is 5.47. The number of nitrogens with one attached hydrogen (secondary N) is 1. The van der Waals surface area contributed by atoms with Crippen molar-refractivity contribution in [3.8, 4) is 5.75 Å². The largest absolute Gasteiger partial charge is 0.491 e. The minimum Gasteiger partial charge on any atom is -0.491 e. The van der Waals surface area contributed by atoms with Gasteiger partial charge in [0.1, 0.15) is 18.4 Å². The second-order valence-electron chi connectivity index (χ2n) is 4.69. The molecule has 2 N–H and O–H groups in total. The fraction of sp³-hybridized carbons (Fsp3) is 0.357. The van der Waals surface area contributed by atoms with Crippen molar-refractivity contribution in [3.05, 3.63) is 29.8 Å². The molecule has 0 saturated heterocycles. The SMILES string of the molecule is CC(=O)NC(CN1CCOc2ccccc2C1=O)C(=O)O. The van der Waals surface area contributed by atoms with Crippen LogP contribution in [0.4, 0.5) is 0 Å². The number of rotatable bonds is 4. The van der Waals surface area contributed by atoms with E-state index in [0.29, 0.717) is 11.3 Å². The van der Waals surface area contributed by atoms with Crippen molar-refractivity contribution in [1.82, 2.24) is 10.2 Å². The van der Waals surface area contributed by atoms with E-state index < -0.39 is 17.9 Å². The topological polar surface area (TPSA) is 95.9 Å². The van der Waals surface area contributed by atoms with E-state index in [1.165, 1.54) is 11.8 Å². The maximum absolute atomic E-state index is 12.4. The Balaban J connectivity index is 2.18. The zero-order valence-corrected chi connectivity index (χ0v) is 11.5. The fourth-order valence-corrected chi connectivity index (χ4v) is 2.13. The summed E-state index contributed by atoms with van der Waals surface area (Å²) in [5.74, 6) is -1.46. The van der Waals surface area contributed by atoms with Crippen molar-refractivity contribution in [2.75, 3.05) is 19.7 Å². The van der Waals surface area contributed by atoms with E-state index in [1.54, 1.807) is 24.3 Å². The summed E-state index contributed by atoms with van der Waals surface area (Å²) in [6, 6.07) is 5.66. The predicted molar refractivity (Wildman–Crippen MR) is 73.1 cm³/mol. The highest BCUT2D eigenvalue weighted by molar-refractivity contribution is 5.97. The average Bonchev–Trinajstić information content (AvgIpc) is 2.58. The number of carbonyl (C=O) groups is 3. The molecular weight excluding hydrogens is 276 g/mol. The van der Waals surface area contributed by atoms with Crippen LogP contribution in [0, 0.1) is 0 Å². The van der Waals surface area contributed by atoms with Gasteiger partial charge in [-0.3, -0.25) is 9.59 Å². The van der Waals surface area contributed by atoms with Crippen LogP contribution in [0.3, 0.4) is 0 Å². The van der Waals surface area contributed by atoms with E-state index in [4.69, 9.17) is 9.84 Å². The van der Waals surface area contributed by atoms with Gasteiger partial charge in [-0.05, 0) is 12.1 Å². The Morgan fingerprint density at radius 2 is 2.14 bits per heavy atom. The zero-order valence-electron chi connectivity index (χ0n) is 11.5. The molecule has 2 rings (SSSR count). The van der Waals surface area contributed by atoms with Gasteiger partial charge in [-0.25, -0.2) is 4.79 Å². The van der Waals surface area contributed by atoms with Crippen molar-refractivity contribution in [2.24, 2.45) is 0 Å². The van der Waals surface area contributed by atoms with Crippen LogP contribution in [0.25, 0.3) is 0 Å². The van der Waals surface area contributed by atoms with Gasteiger partial charge in [-0.1, -0.05) is 12.1 Å². The predicted octanol–water partition coefficient (Wildman–Crippen LogP) is 0.110. The first-order chi connectivity index (χ1) is 9.99. The maximum atomic E-state index is 12.4. The number of amides is 2. The number of aliphatic carboxylic acids is 1. The van der Waals surface area contributed by atoms with Crippen LogP contribution in [-0.4, -0.2) is 53.5 Å². The highest BCUT2D eigenvalue weighted by Gasteiger charge is 2.28. The molecule has 7 nitrogen and oxygen atoms in total. The van der Waals surface area contributed by atoms with E-state index in [2.05, 4.69) is 5.32 Å². The van der Waals surface area contributed by atoms with E-state index >= 15 is 0 Å². The summed E-state index contributed by atoms with van der Waals surface area (Å²) in [5, 5.41) is 11.4. The van der Waals surface area contributed by atoms with Gasteiger partial charge in [-0.15, -0.1) is 0 Å². The molecule has 0 aromatic heterocycles. The zero-order chi connectivity index (χ0) is 15.4. The van der Waals surface area contributed by atoms with Crippen LogP contribution in [-0.2, 0) is 9.59 Å². The van der Waals surface area contributed by atoms with Gasteiger partial charge in [-0.2, -0.15) is 0 Å². The van der Waals surface area contributed by atoms with Gasteiger partial charge >= 0.3 is 5.97 Å². The standard InChI is InChI=1S/C14H16N2O5/c1-9(17)15-11(14(19)20)8-16-6-7-21-12-5-3-2-4-10(12)13(16)18/h2-5,11H,6-8H2,1H3,(H,15,17)(H,19,20). The normalized spacial score (nSPS) is 15.5. The number of nitrogens with zero attached hydrogens (tertiary/aromatic N) is 1. The Morgan fingerprint density at radius 3 is 2.81 bits per heavy atom. The molecule has 0 fully saturated rings. The number of carboxylic acids is 1. The number of para-hydroxylation sites is 1. The Hall–Kier alpha value is -2.57. The monoisotopic (exact) mass is 292 g/mol. The van der Waals surface area contributed by atoms with Crippen molar-refractivity contribution in [1.29, 1.82) is 0 Å². The molecule has 0 aliphatic carbocycles. The molecule has 1 atom stereocenters. The summed E-state index contributed by atoms with van der Waals surface area (Å²) in [7, 11) is 0.